The van der Waals surface area contributed by atoms with Crippen LogP contribution in [-0.4, -0.2) is 153 Å². The van der Waals surface area contributed by atoms with E-state index in [9.17, 15) is 35.5 Å². The van der Waals surface area contributed by atoms with Crippen LogP contribution in [0.3, 0.4) is 0 Å². The van der Waals surface area contributed by atoms with Crippen LogP contribution in [0.2, 0.25) is 0 Å². The molecule has 0 unspecified atom stereocenters. The zero-order valence-corrected chi connectivity index (χ0v) is 33.4. The molecule has 3 heterocycles. The van der Waals surface area contributed by atoms with E-state index in [1.165, 1.54) is 14.0 Å². The van der Waals surface area contributed by atoms with Crippen LogP contribution < -0.4 is 0 Å². The lowest BCUT2D eigenvalue weighted by Gasteiger charge is -2.49. The summed E-state index contributed by atoms with van der Waals surface area (Å²) in [4.78, 5) is 16.0. The number of esters is 1. The molecular formula is C37H68N2O13. The number of aliphatic hydroxyl groups excluding tert-OH is 3. The Morgan fingerprint density at radius 2 is 1.54 bits per heavy atom. The van der Waals surface area contributed by atoms with Gasteiger partial charge in [0.15, 0.2) is 12.6 Å². The Bertz CT molecular complexity index is 1200. The number of carbonyl (C=O) groups is 1. The number of cyclic esters (lactones) is 1. The predicted molar refractivity (Wildman–Crippen MR) is 190 cm³/mol. The van der Waals surface area contributed by atoms with E-state index in [1.54, 1.807) is 55.4 Å². The first kappa shape index (κ1) is 44.9. The third-order valence-corrected chi connectivity index (χ3v) is 12.0. The van der Waals surface area contributed by atoms with E-state index in [4.69, 9.17) is 28.4 Å². The molecule has 52 heavy (non-hydrogen) atoms. The van der Waals surface area contributed by atoms with Gasteiger partial charge in [-0.15, -0.1) is 0 Å². The molecule has 0 saturated carbocycles. The summed E-state index contributed by atoms with van der Waals surface area (Å²) < 4.78 is 37.2. The van der Waals surface area contributed by atoms with Crippen molar-refractivity contribution in [1.29, 1.82) is 0 Å². The van der Waals surface area contributed by atoms with E-state index in [0.717, 1.165) is 0 Å². The molecule has 0 spiro atoms. The summed E-state index contributed by atoms with van der Waals surface area (Å²) in [5, 5.41) is 71.8. The summed E-state index contributed by atoms with van der Waals surface area (Å²) in [6, 6.07) is -0.322. The number of nitrogens with zero attached hydrogens (tertiary/aromatic N) is 2. The Hall–Kier alpha value is -1.50. The van der Waals surface area contributed by atoms with Gasteiger partial charge in [0.05, 0.1) is 53.4 Å². The first-order valence-electron chi connectivity index (χ1n) is 18.7. The number of aliphatic hydroxyl groups is 5. The second-order valence-electron chi connectivity index (χ2n) is 16.6. The van der Waals surface area contributed by atoms with E-state index in [-0.39, 0.29) is 37.1 Å². The Labute approximate surface area is 309 Å². The van der Waals surface area contributed by atoms with Crippen molar-refractivity contribution in [1.82, 2.24) is 4.90 Å². The van der Waals surface area contributed by atoms with E-state index < -0.39 is 102 Å². The molecule has 18 atom stereocenters. The lowest BCUT2D eigenvalue weighted by Crippen LogP contribution is -2.61. The van der Waals surface area contributed by atoms with Gasteiger partial charge in [-0.05, 0) is 74.9 Å². The van der Waals surface area contributed by atoms with Crippen LogP contribution >= 0.6 is 0 Å². The fourth-order valence-corrected chi connectivity index (χ4v) is 8.61. The lowest BCUT2D eigenvalue weighted by atomic mass is 9.73. The highest BCUT2D eigenvalue weighted by atomic mass is 16.7. The summed E-state index contributed by atoms with van der Waals surface area (Å²) >= 11 is 0. The summed E-state index contributed by atoms with van der Waals surface area (Å²) in [6.45, 7) is 16.6. The van der Waals surface area contributed by atoms with Crippen molar-refractivity contribution < 1.29 is 64.0 Å². The van der Waals surface area contributed by atoms with Gasteiger partial charge in [-0.2, -0.15) is 0 Å². The van der Waals surface area contributed by atoms with Crippen LogP contribution in [0, 0.1) is 23.7 Å². The number of ether oxygens (including phenoxy) is 6. The van der Waals surface area contributed by atoms with Gasteiger partial charge in [-0.25, -0.2) is 0 Å². The van der Waals surface area contributed by atoms with Gasteiger partial charge in [0, 0.05) is 37.3 Å². The zero-order valence-electron chi connectivity index (χ0n) is 33.4. The number of rotatable bonds is 7. The third-order valence-electron chi connectivity index (χ3n) is 12.0. The van der Waals surface area contributed by atoms with Crippen LogP contribution in [0.4, 0.5) is 0 Å². The maximum absolute atomic E-state index is 14.1. The van der Waals surface area contributed by atoms with Crippen molar-refractivity contribution in [2.24, 2.45) is 28.8 Å². The molecule has 3 aliphatic rings. The smallest absolute Gasteiger partial charge is 0.311 e. The van der Waals surface area contributed by atoms with Crippen molar-refractivity contribution in [3.63, 3.8) is 0 Å². The van der Waals surface area contributed by atoms with E-state index in [1.807, 2.05) is 25.9 Å². The highest BCUT2D eigenvalue weighted by molar-refractivity contribution is 5.88. The largest absolute Gasteiger partial charge is 0.459 e. The number of likely N-dealkylation sites (N-methyl/N-ethyl adjacent to an activating group) is 1. The second-order valence-corrected chi connectivity index (χ2v) is 16.6. The Kier molecular flexibility index (Phi) is 15.1. The highest BCUT2D eigenvalue weighted by Gasteiger charge is 2.53. The quantitative estimate of drug-likeness (QED) is 0.125. The van der Waals surface area contributed by atoms with Crippen molar-refractivity contribution in [3.05, 3.63) is 0 Å². The number of carbonyl (C=O) groups excluding carboxylic acids is 1. The Balaban J connectivity index is 2.21. The van der Waals surface area contributed by atoms with Gasteiger partial charge >= 0.3 is 5.97 Å². The maximum atomic E-state index is 14.1. The molecule has 6 N–H and O–H groups in total. The fraction of sp³-hybridized carbons (Fsp3) is 0.946. The molecule has 0 aromatic heterocycles. The van der Waals surface area contributed by atoms with Gasteiger partial charge in [0.25, 0.3) is 0 Å². The number of hydrogen-bond donors (Lipinski definition) is 6. The zero-order chi connectivity index (χ0) is 39.7. The fourth-order valence-electron chi connectivity index (χ4n) is 8.61. The SMILES string of the molecule is CC[C@H]1OC(=O)[C@H](C)[C@H](O[C@@H]2C[C@](C)(OC)[C@H](O)[C@@H](C)O2)[C@@H](C)[C@H](O[C@@H]2O[C@H](C)C[C@H](N(C)C)[C@H]2O)[C@](C)(O)C[C@H](C)/C(=N\O)[C@H](C)[C@@H](O)[C@@]1(C)O. The summed E-state index contributed by atoms with van der Waals surface area (Å²) in [7, 11) is 5.19. The van der Waals surface area contributed by atoms with Crippen LogP contribution in [0.15, 0.2) is 5.16 Å². The standard InChI is InChI=1S/C37H68N2O13/c1-14-25-37(10,45)30(41)20(4)27(38-46)18(2)16-35(8,44)32(52-34-28(40)24(39(11)12)15-19(3)48-34)21(5)29(22(6)33(43)50-25)51-26-17-36(9,47-13)31(42)23(7)49-26/h18-26,28-32,34,40-42,44-46H,14-17H2,1-13H3/b38-27+/t18-,19+,20-,21+,22+,23+,24-,25+,26+,28+,29+,30+,31+,32-,34-,35+,36-,37-/m0/s1. The number of oxime groups is 1. The van der Waals surface area contributed by atoms with Crippen LogP contribution in [-0.2, 0) is 33.2 Å². The lowest BCUT2D eigenvalue weighted by molar-refractivity contribution is -0.317. The molecule has 3 saturated heterocycles. The van der Waals surface area contributed by atoms with Crippen LogP contribution in [0.25, 0.3) is 0 Å². The van der Waals surface area contributed by atoms with Gasteiger partial charge in [0.2, 0.25) is 0 Å². The van der Waals surface area contributed by atoms with E-state index >= 15 is 0 Å². The van der Waals surface area contributed by atoms with Crippen LogP contribution in [0.1, 0.15) is 94.9 Å². The molecule has 15 nitrogen and oxygen atoms in total. The topological polar surface area (TPSA) is 209 Å². The maximum Gasteiger partial charge on any atom is 0.311 e. The molecule has 0 aromatic rings. The average Bonchev–Trinajstić information content (AvgIpc) is 3.06. The molecule has 3 aliphatic heterocycles. The highest BCUT2D eigenvalue weighted by Crippen LogP contribution is 2.41. The first-order chi connectivity index (χ1) is 24.0. The first-order valence-corrected chi connectivity index (χ1v) is 18.7. The normalized spacial score (nSPS) is 49.8. The second kappa shape index (κ2) is 17.5. The van der Waals surface area contributed by atoms with Crippen LogP contribution in [0.5, 0.6) is 0 Å². The number of hydrogen-bond acceptors (Lipinski definition) is 15. The van der Waals surface area contributed by atoms with E-state index in [0.29, 0.717) is 6.42 Å². The van der Waals surface area contributed by atoms with Crippen molar-refractivity contribution in [2.45, 2.75) is 179 Å². The minimum Gasteiger partial charge on any atom is -0.459 e. The van der Waals surface area contributed by atoms with Crippen molar-refractivity contribution in [3.8, 4) is 0 Å². The Morgan fingerprint density at radius 1 is 0.923 bits per heavy atom. The molecule has 0 aliphatic carbocycles. The van der Waals surface area contributed by atoms with Crippen molar-refractivity contribution >= 4 is 11.7 Å². The van der Waals surface area contributed by atoms with Gasteiger partial charge in [-0.3, -0.25) is 4.79 Å². The molecule has 3 rings (SSSR count). The molecule has 0 aromatic carbocycles. The third kappa shape index (κ3) is 9.47. The van der Waals surface area contributed by atoms with Crippen molar-refractivity contribution in [2.75, 3.05) is 21.2 Å². The average molecular weight is 749 g/mol. The molecule has 0 bridgehead atoms. The predicted octanol–water partition coefficient (Wildman–Crippen LogP) is 2.05. The minimum absolute atomic E-state index is 0.0657. The van der Waals surface area contributed by atoms with E-state index in [2.05, 4.69) is 5.16 Å². The summed E-state index contributed by atoms with van der Waals surface area (Å²) in [6.07, 6.45) is -9.51. The molecule has 0 amide bonds. The molecule has 0 radical (unpaired) electrons. The molecule has 304 valence electrons. The summed E-state index contributed by atoms with van der Waals surface area (Å²) in [5.74, 6) is -4.24. The Morgan fingerprint density at radius 3 is 2.08 bits per heavy atom. The van der Waals surface area contributed by atoms with Gasteiger partial charge < -0.3 is 64.1 Å². The summed E-state index contributed by atoms with van der Waals surface area (Å²) in [5.41, 5.74) is -4.68. The van der Waals surface area contributed by atoms with Gasteiger partial charge in [-0.1, -0.05) is 32.9 Å². The van der Waals surface area contributed by atoms with Gasteiger partial charge in [0.1, 0.15) is 23.9 Å². The molecule has 3 fully saturated rings. The molecule has 15 heteroatoms. The minimum atomic E-state index is -1.97. The number of methoxy groups -OCH3 is 1. The molecular weight excluding hydrogens is 680 g/mol. The monoisotopic (exact) mass is 748 g/mol.